The monoisotopic (exact) mass is 763 g/mol. The maximum Gasteiger partial charge on any atom is 0.143 e. The van der Waals surface area contributed by atoms with E-state index in [1.807, 2.05) is 0 Å². The summed E-state index contributed by atoms with van der Waals surface area (Å²) in [4.78, 5) is 2.40. The van der Waals surface area contributed by atoms with Crippen LogP contribution < -0.4 is 4.90 Å². The van der Waals surface area contributed by atoms with Crippen molar-refractivity contribution in [1.82, 2.24) is 0 Å². The van der Waals surface area contributed by atoms with E-state index >= 15 is 0 Å². The van der Waals surface area contributed by atoms with E-state index in [0.29, 0.717) is 0 Å². The summed E-state index contributed by atoms with van der Waals surface area (Å²) < 4.78 is 6.93. The van der Waals surface area contributed by atoms with Crippen LogP contribution in [0.5, 0.6) is 0 Å². The number of hydrogen-bond acceptors (Lipinski definition) is 2. The topological polar surface area (TPSA) is 16.4 Å². The summed E-state index contributed by atoms with van der Waals surface area (Å²) in [5.74, 6) is 0. The number of hydrogen-bond donors (Lipinski definition) is 0. The molecule has 0 spiro atoms. The maximum atomic E-state index is 6.93. The van der Waals surface area contributed by atoms with E-state index in [1.54, 1.807) is 0 Å². The normalized spacial score (nSPS) is 11.7. The second-order valence-corrected chi connectivity index (χ2v) is 15.6. The highest BCUT2D eigenvalue weighted by Crippen LogP contribution is 2.45. The van der Waals surface area contributed by atoms with Crippen LogP contribution in [0.15, 0.2) is 229 Å². The van der Waals surface area contributed by atoms with Crippen molar-refractivity contribution in [2.45, 2.75) is 0 Å². The molecule has 12 aromatic rings. The molecule has 0 radical (unpaired) electrons. The van der Waals surface area contributed by atoms with Gasteiger partial charge in [0.2, 0.25) is 0 Å². The fourth-order valence-electron chi connectivity index (χ4n) is 9.39. The smallest absolute Gasteiger partial charge is 0.143 e. The lowest BCUT2D eigenvalue weighted by Crippen LogP contribution is -2.10. The van der Waals surface area contributed by atoms with E-state index in [-0.39, 0.29) is 0 Å². The van der Waals surface area contributed by atoms with Gasteiger partial charge in [-0.15, -0.1) is 0 Å². The molecule has 0 bridgehead atoms. The van der Waals surface area contributed by atoms with Crippen molar-refractivity contribution in [3.63, 3.8) is 0 Å². The molecule has 2 nitrogen and oxygen atoms in total. The first-order valence-electron chi connectivity index (χ1n) is 20.6. The number of furan rings is 1. The van der Waals surface area contributed by atoms with Crippen LogP contribution in [0.4, 0.5) is 17.1 Å². The summed E-state index contributed by atoms with van der Waals surface area (Å²) in [5, 5.41) is 12.0. The Morgan fingerprint density at radius 1 is 0.267 bits per heavy atom. The van der Waals surface area contributed by atoms with E-state index in [4.69, 9.17) is 4.42 Å². The van der Waals surface area contributed by atoms with Gasteiger partial charge in [-0.05, 0) is 90.5 Å². The number of rotatable bonds is 6. The Morgan fingerprint density at radius 2 is 0.750 bits per heavy atom. The summed E-state index contributed by atoms with van der Waals surface area (Å²) in [6.07, 6.45) is 0. The minimum absolute atomic E-state index is 0.909. The van der Waals surface area contributed by atoms with Crippen LogP contribution in [0.1, 0.15) is 0 Å². The highest BCUT2D eigenvalue weighted by Gasteiger charge is 2.20. The Balaban J connectivity index is 0.993. The fraction of sp³-hybridized carbons (Fsp3) is 0. The van der Waals surface area contributed by atoms with Gasteiger partial charge in [0.25, 0.3) is 0 Å². The van der Waals surface area contributed by atoms with Crippen LogP contribution in [-0.2, 0) is 0 Å². The van der Waals surface area contributed by atoms with Gasteiger partial charge >= 0.3 is 0 Å². The molecule has 0 fully saturated rings. The van der Waals surface area contributed by atoms with Gasteiger partial charge in [0, 0.05) is 38.5 Å². The van der Waals surface area contributed by atoms with Gasteiger partial charge in [0.15, 0.2) is 0 Å². The van der Waals surface area contributed by atoms with Crippen molar-refractivity contribution in [3.05, 3.63) is 224 Å². The number of benzene rings is 11. The molecule has 0 N–H and O–H groups in total. The molecule has 0 aliphatic rings. The molecule has 0 saturated heterocycles. The minimum Gasteiger partial charge on any atom is -0.455 e. The second-order valence-electron chi connectivity index (χ2n) is 15.6. The highest BCUT2D eigenvalue weighted by atomic mass is 16.3. The molecule has 11 aromatic carbocycles. The van der Waals surface area contributed by atoms with E-state index in [9.17, 15) is 0 Å². The lowest BCUT2D eigenvalue weighted by Gasteiger charge is -2.28. The van der Waals surface area contributed by atoms with Gasteiger partial charge in [-0.2, -0.15) is 0 Å². The quantitative estimate of drug-likeness (QED) is 0.157. The molecule has 60 heavy (non-hydrogen) atoms. The SMILES string of the molecule is c1ccc(-c2ccc(-c3ccc(N(c4ccc(-c5cccc6c5oc5c7ccccc7c7ccccc7c65)cc4)c4cccc5ccc6ccccc6c45)cc3)cc2)cc1. The Morgan fingerprint density at radius 3 is 1.45 bits per heavy atom. The van der Waals surface area contributed by atoms with Gasteiger partial charge in [-0.25, -0.2) is 0 Å². The zero-order chi connectivity index (χ0) is 39.6. The Hall–Kier alpha value is -7.94. The van der Waals surface area contributed by atoms with E-state index in [1.165, 1.54) is 65.3 Å². The number of para-hydroxylation sites is 1. The first-order chi connectivity index (χ1) is 29.8. The molecule has 0 atom stereocenters. The van der Waals surface area contributed by atoms with Crippen molar-refractivity contribution in [1.29, 1.82) is 0 Å². The molecule has 0 unspecified atom stereocenters. The summed E-state index contributed by atoms with van der Waals surface area (Å²) in [6, 6.07) is 81.0. The van der Waals surface area contributed by atoms with Crippen LogP contribution in [0.3, 0.4) is 0 Å². The average molecular weight is 764 g/mol. The van der Waals surface area contributed by atoms with Crippen molar-refractivity contribution >= 4 is 82.1 Å². The van der Waals surface area contributed by atoms with Crippen LogP contribution in [-0.4, -0.2) is 0 Å². The van der Waals surface area contributed by atoms with E-state index in [0.717, 1.165) is 50.1 Å². The number of fused-ring (bicyclic) bond motifs is 11. The largest absolute Gasteiger partial charge is 0.455 e. The molecule has 0 aliphatic heterocycles. The first kappa shape index (κ1) is 34.1. The molecule has 1 heterocycles. The van der Waals surface area contributed by atoms with Gasteiger partial charge in [0.05, 0.1) is 5.69 Å². The standard InChI is InChI=1S/C58H37NO/c1-2-12-38(13-3-1)39-24-26-40(27-25-39)41-30-34-45(35-31-41)59(54-23-10-15-44-29-28-42-14-4-5-16-47(42)55(44)54)46-36-32-43(33-37-46)48-21-11-22-53-56-51-19-8-6-17-49(51)50-18-7-9-20-52(50)58(56)60-57(48)53/h1-37H. The zero-order valence-electron chi connectivity index (χ0n) is 32.7. The van der Waals surface area contributed by atoms with E-state index < -0.39 is 0 Å². The second kappa shape index (κ2) is 13.9. The predicted molar refractivity (Wildman–Crippen MR) is 255 cm³/mol. The summed E-state index contributed by atoms with van der Waals surface area (Å²) >= 11 is 0. The Kier molecular flexibility index (Phi) is 7.89. The zero-order valence-corrected chi connectivity index (χ0v) is 32.7. The molecule has 12 rings (SSSR count). The molecule has 280 valence electrons. The minimum atomic E-state index is 0.909. The van der Waals surface area contributed by atoms with Crippen LogP contribution in [0.25, 0.3) is 98.4 Å². The Bertz CT molecular complexity index is 3570. The van der Waals surface area contributed by atoms with Crippen molar-refractivity contribution in [2.75, 3.05) is 4.90 Å². The van der Waals surface area contributed by atoms with Gasteiger partial charge in [-0.3, -0.25) is 0 Å². The molecule has 0 amide bonds. The van der Waals surface area contributed by atoms with Gasteiger partial charge in [-0.1, -0.05) is 194 Å². The average Bonchev–Trinajstić information content (AvgIpc) is 3.73. The van der Waals surface area contributed by atoms with Crippen molar-refractivity contribution in [2.24, 2.45) is 0 Å². The van der Waals surface area contributed by atoms with Crippen molar-refractivity contribution in [3.8, 4) is 33.4 Å². The molecule has 1 aromatic heterocycles. The molecular weight excluding hydrogens is 727 g/mol. The van der Waals surface area contributed by atoms with Crippen LogP contribution in [0.2, 0.25) is 0 Å². The summed E-state index contributed by atoms with van der Waals surface area (Å²) in [5.41, 5.74) is 12.1. The predicted octanol–water partition coefficient (Wildman–Crippen LogP) is 16.7. The van der Waals surface area contributed by atoms with E-state index in [2.05, 4.69) is 229 Å². The third kappa shape index (κ3) is 5.50. The fourth-order valence-corrected chi connectivity index (χ4v) is 9.39. The molecular formula is C58H37NO. The highest BCUT2D eigenvalue weighted by molar-refractivity contribution is 6.31. The maximum absolute atomic E-state index is 6.93. The third-order valence-electron chi connectivity index (χ3n) is 12.2. The van der Waals surface area contributed by atoms with Crippen LogP contribution in [0, 0.1) is 0 Å². The third-order valence-corrected chi connectivity index (χ3v) is 12.2. The molecule has 0 saturated carbocycles. The first-order valence-corrected chi connectivity index (χ1v) is 20.6. The molecule has 2 heteroatoms. The summed E-state index contributed by atoms with van der Waals surface area (Å²) in [7, 11) is 0. The van der Waals surface area contributed by atoms with Crippen molar-refractivity contribution < 1.29 is 4.42 Å². The lowest BCUT2D eigenvalue weighted by atomic mass is 9.96. The lowest BCUT2D eigenvalue weighted by molar-refractivity contribution is 0.674. The summed E-state index contributed by atoms with van der Waals surface area (Å²) in [6.45, 7) is 0. The number of nitrogens with zero attached hydrogens (tertiary/aromatic N) is 1. The van der Waals surface area contributed by atoms with Gasteiger partial charge in [0.1, 0.15) is 11.2 Å². The molecule has 0 aliphatic carbocycles. The number of anilines is 3. The Labute approximate surface area is 347 Å². The van der Waals surface area contributed by atoms with Crippen LogP contribution >= 0.6 is 0 Å². The van der Waals surface area contributed by atoms with Gasteiger partial charge < -0.3 is 9.32 Å².